The Hall–Kier alpha value is -2.26. The van der Waals surface area contributed by atoms with Gasteiger partial charge in [-0.3, -0.25) is 14.5 Å². The highest BCUT2D eigenvalue weighted by Gasteiger charge is 2.52. The van der Waals surface area contributed by atoms with Gasteiger partial charge in [0.2, 0.25) is 5.91 Å². The molecule has 0 bridgehead atoms. The van der Waals surface area contributed by atoms with Crippen LogP contribution in [0, 0.1) is 6.92 Å². The summed E-state index contributed by atoms with van der Waals surface area (Å²) >= 11 is 3.05. The zero-order valence-electron chi connectivity index (χ0n) is 15.6. The Morgan fingerprint density at radius 1 is 1.32 bits per heavy atom. The van der Waals surface area contributed by atoms with Crippen LogP contribution < -0.4 is 10.6 Å². The van der Waals surface area contributed by atoms with Crippen molar-refractivity contribution in [1.29, 1.82) is 0 Å². The van der Waals surface area contributed by atoms with Gasteiger partial charge < -0.3 is 10.6 Å². The van der Waals surface area contributed by atoms with Gasteiger partial charge in [-0.25, -0.2) is 9.78 Å². The molecule has 2 N–H and O–H groups in total. The summed E-state index contributed by atoms with van der Waals surface area (Å²) in [6.07, 6.45) is 4.02. The molecule has 28 heavy (non-hydrogen) atoms. The maximum absolute atomic E-state index is 12.6. The first-order chi connectivity index (χ1) is 13.5. The lowest BCUT2D eigenvalue weighted by Crippen LogP contribution is -2.44. The number of thiazole rings is 1. The zero-order valence-corrected chi connectivity index (χ0v) is 17.3. The van der Waals surface area contributed by atoms with E-state index < -0.39 is 5.54 Å². The largest absolute Gasteiger partial charge is 0.325 e. The second-order valence-electron chi connectivity index (χ2n) is 7.28. The van der Waals surface area contributed by atoms with Crippen molar-refractivity contribution in [3.63, 3.8) is 0 Å². The third-order valence-electron chi connectivity index (χ3n) is 5.23. The molecular weight excluding hydrogens is 396 g/mol. The van der Waals surface area contributed by atoms with Crippen LogP contribution in [-0.2, 0) is 9.59 Å². The van der Waals surface area contributed by atoms with E-state index in [0.29, 0.717) is 24.4 Å². The molecule has 2 aromatic heterocycles. The maximum atomic E-state index is 12.6. The summed E-state index contributed by atoms with van der Waals surface area (Å²) in [5, 5.41) is 8.15. The van der Waals surface area contributed by atoms with E-state index in [1.807, 2.05) is 24.4 Å². The predicted octanol–water partition coefficient (Wildman–Crippen LogP) is 3.76. The summed E-state index contributed by atoms with van der Waals surface area (Å²) in [6.45, 7) is 2.31. The third kappa shape index (κ3) is 3.68. The highest BCUT2D eigenvalue weighted by atomic mass is 32.1. The van der Waals surface area contributed by atoms with E-state index in [0.717, 1.165) is 23.4 Å². The zero-order chi connectivity index (χ0) is 19.7. The number of carbonyl (C=O) groups is 3. The van der Waals surface area contributed by atoms with Crippen LogP contribution in [-0.4, -0.2) is 39.8 Å². The van der Waals surface area contributed by atoms with Gasteiger partial charge in [-0.15, -0.1) is 22.7 Å². The average molecular weight is 419 g/mol. The molecule has 148 valence electrons. The molecule has 2 aromatic rings. The molecule has 1 aliphatic heterocycles. The Labute approximate surface area is 171 Å². The average Bonchev–Trinajstić information content (AvgIpc) is 3.42. The minimum Gasteiger partial charge on any atom is -0.323 e. The van der Waals surface area contributed by atoms with Crippen LogP contribution in [0.2, 0.25) is 0 Å². The number of carbonyl (C=O) groups excluding carboxylic acids is 3. The fourth-order valence-electron chi connectivity index (χ4n) is 3.79. The molecule has 1 saturated heterocycles. The Kier molecular flexibility index (Phi) is 5.20. The van der Waals surface area contributed by atoms with E-state index in [1.165, 1.54) is 21.1 Å². The number of aryl methyl sites for hydroxylation is 1. The highest BCUT2D eigenvalue weighted by Crippen LogP contribution is 2.35. The summed E-state index contributed by atoms with van der Waals surface area (Å²) in [4.78, 5) is 44.9. The Bertz CT molecular complexity index is 914. The first-order valence-electron chi connectivity index (χ1n) is 9.43. The molecule has 0 unspecified atom stereocenters. The lowest BCUT2D eigenvalue weighted by atomic mass is 9.98. The number of aromatic nitrogens is 1. The maximum Gasteiger partial charge on any atom is 0.325 e. The van der Waals surface area contributed by atoms with Crippen LogP contribution in [0.15, 0.2) is 17.5 Å². The van der Waals surface area contributed by atoms with Gasteiger partial charge in [0.15, 0.2) is 5.13 Å². The van der Waals surface area contributed by atoms with Crippen molar-refractivity contribution in [1.82, 2.24) is 15.2 Å². The number of nitrogens with one attached hydrogen (secondary N) is 2. The first kappa shape index (κ1) is 19.1. The normalized spacial score (nSPS) is 18.1. The summed E-state index contributed by atoms with van der Waals surface area (Å²) in [7, 11) is 0. The summed E-state index contributed by atoms with van der Waals surface area (Å²) in [5.41, 5.74) is 0.177. The Morgan fingerprint density at radius 3 is 2.82 bits per heavy atom. The number of anilines is 1. The molecule has 0 aromatic carbocycles. The highest BCUT2D eigenvalue weighted by molar-refractivity contribution is 7.17. The van der Waals surface area contributed by atoms with E-state index in [9.17, 15) is 14.4 Å². The number of hydrogen-bond donors (Lipinski definition) is 2. The van der Waals surface area contributed by atoms with Gasteiger partial charge in [-0.2, -0.15) is 0 Å². The van der Waals surface area contributed by atoms with E-state index in [-0.39, 0.29) is 30.8 Å². The van der Waals surface area contributed by atoms with E-state index in [1.54, 1.807) is 11.3 Å². The monoisotopic (exact) mass is 418 g/mol. The number of rotatable bonds is 6. The van der Waals surface area contributed by atoms with Crippen LogP contribution in [0.4, 0.5) is 9.93 Å². The van der Waals surface area contributed by atoms with Crippen molar-refractivity contribution in [2.24, 2.45) is 0 Å². The molecule has 0 atom stereocenters. The summed E-state index contributed by atoms with van der Waals surface area (Å²) in [6, 6.07) is 3.74. The van der Waals surface area contributed by atoms with Crippen molar-refractivity contribution in [2.45, 2.75) is 51.0 Å². The van der Waals surface area contributed by atoms with Crippen LogP contribution in [0.5, 0.6) is 0 Å². The van der Waals surface area contributed by atoms with E-state index in [4.69, 9.17) is 0 Å². The molecule has 9 heteroatoms. The SMILES string of the molecule is Cc1ccc(-c2csc(NC(=O)CCCN3C(=O)NC4(CCCC4)C3=O)n2)s1. The number of urea groups is 1. The van der Waals surface area contributed by atoms with Crippen LogP contribution >= 0.6 is 22.7 Å². The second kappa shape index (κ2) is 7.63. The van der Waals surface area contributed by atoms with E-state index in [2.05, 4.69) is 15.6 Å². The van der Waals surface area contributed by atoms with Gasteiger partial charge in [-0.1, -0.05) is 12.8 Å². The van der Waals surface area contributed by atoms with Crippen molar-refractivity contribution in [2.75, 3.05) is 11.9 Å². The minimum atomic E-state index is -0.684. The van der Waals surface area contributed by atoms with Crippen molar-refractivity contribution in [3.8, 4) is 10.6 Å². The molecular formula is C19H22N4O3S2. The number of thiophene rings is 1. The molecule has 0 radical (unpaired) electrons. The standard InChI is InChI=1S/C19H22N4O3S2/c1-12-6-7-14(28-12)13-11-27-17(20-13)21-15(24)5-4-10-23-16(25)19(22-18(23)26)8-2-3-9-19/h6-7,11H,2-5,8-10H2,1H3,(H,22,26)(H,20,21,24). The molecule has 4 amide bonds. The molecule has 2 aliphatic rings. The quantitative estimate of drug-likeness (QED) is 0.699. The lowest BCUT2D eigenvalue weighted by molar-refractivity contribution is -0.131. The van der Waals surface area contributed by atoms with Gasteiger partial charge in [0.1, 0.15) is 5.54 Å². The van der Waals surface area contributed by atoms with E-state index >= 15 is 0 Å². The fourth-order valence-corrected chi connectivity index (χ4v) is 5.42. The van der Waals surface area contributed by atoms with Gasteiger partial charge in [0.05, 0.1) is 10.6 Å². The number of amides is 4. The minimum absolute atomic E-state index is 0.133. The second-order valence-corrected chi connectivity index (χ2v) is 9.42. The summed E-state index contributed by atoms with van der Waals surface area (Å²) in [5.74, 6) is -0.294. The van der Waals surface area contributed by atoms with Gasteiger partial charge >= 0.3 is 6.03 Å². The van der Waals surface area contributed by atoms with Crippen LogP contribution in [0.25, 0.3) is 10.6 Å². The topological polar surface area (TPSA) is 91.4 Å². The van der Waals surface area contributed by atoms with Gasteiger partial charge in [-0.05, 0) is 38.3 Å². The number of nitrogens with zero attached hydrogens (tertiary/aromatic N) is 2. The van der Waals surface area contributed by atoms with Crippen LogP contribution in [0.1, 0.15) is 43.4 Å². The third-order valence-corrected chi connectivity index (χ3v) is 7.01. The fraction of sp³-hybridized carbons (Fsp3) is 0.474. The number of imide groups is 1. The molecule has 1 aliphatic carbocycles. The first-order valence-corrected chi connectivity index (χ1v) is 11.1. The van der Waals surface area contributed by atoms with Gasteiger partial charge in [0, 0.05) is 23.2 Å². The molecule has 1 saturated carbocycles. The predicted molar refractivity (Wildman–Crippen MR) is 109 cm³/mol. The van der Waals surface area contributed by atoms with Crippen molar-refractivity contribution >= 4 is 45.7 Å². The lowest BCUT2D eigenvalue weighted by Gasteiger charge is -2.19. The van der Waals surface area contributed by atoms with Gasteiger partial charge in [0.25, 0.3) is 5.91 Å². The summed E-state index contributed by atoms with van der Waals surface area (Å²) < 4.78 is 0. The molecule has 7 nitrogen and oxygen atoms in total. The molecule has 4 rings (SSSR count). The Morgan fingerprint density at radius 2 is 2.11 bits per heavy atom. The van der Waals surface area contributed by atoms with Crippen molar-refractivity contribution in [3.05, 3.63) is 22.4 Å². The van der Waals surface area contributed by atoms with Crippen LogP contribution in [0.3, 0.4) is 0 Å². The molecule has 2 fully saturated rings. The van der Waals surface area contributed by atoms with Crippen molar-refractivity contribution < 1.29 is 14.4 Å². The Balaban J connectivity index is 1.27. The molecule has 3 heterocycles. The smallest absolute Gasteiger partial charge is 0.323 e. The molecule has 1 spiro atoms. The number of hydrogen-bond acceptors (Lipinski definition) is 6.